The fourth-order valence-electron chi connectivity index (χ4n) is 6.85. The molecule has 4 heterocycles. The zero-order valence-electron chi connectivity index (χ0n) is 23.4. The molecule has 0 saturated carbocycles. The average Bonchev–Trinajstić information content (AvgIpc) is 3.75. The van der Waals surface area contributed by atoms with Crippen molar-refractivity contribution in [1.82, 2.24) is 25.4 Å². The molecule has 0 aliphatic carbocycles. The van der Waals surface area contributed by atoms with Crippen molar-refractivity contribution in [2.75, 3.05) is 33.3 Å². The van der Waals surface area contributed by atoms with E-state index >= 15 is 0 Å². The van der Waals surface area contributed by atoms with Crippen LogP contribution in [0.3, 0.4) is 0 Å². The van der Waals surface area contributed by atoms with Crippen LogP contribution in [0.15, 0.2) is 54.6 Å². The maximum atomic E-state index is 13.9. The van der Waals surface area contributed by atoms with Crippen LogP contribution in [0.5, 0.6) is 5.75 Å². The maximum Gasteiger partial charge on any atom is 0.243 e. The van der Waals surface area contributed by atoms with Gasteiger partial charge in [-0.15, -0.1) is 0 Å². The summed E-state index contributed by atoms with van der Waals surface area (Å²) in [4.78, 5) is 35.3. The Morgan fingerprint density at radius 1 is 1.02 bits per heavy atom. The van der Waals surface area contributed by atoms with Gasteiger partial charge in [-0.25, -0.2) is 0 Å². The molecule has 40 heavy (non-hydrogen) atoms. The van der Waals surface area contributed by atoms with Gasteiger partial charge < -0.3 is 25.3 Å². The van der Waals surface area contributed by atoms with Crippen LogP contribution in [0.1, 0.15) is 43.4 Å². The quantitative estimate of drug-likeness (QED) is 0.405. The third-order valence-electron chi connectivity index (χ3n) is 9.01. The highest BCUT2D eigenvalue weighted by molar-refractivity contribution is 5.91. The minimum Gasteiger partial charge on any atom is -0.497 e. The Kier molecular flexibility index (Phi) is 8.07. The van der Waals surface area contributed by atoms with Crippen LogP contribution >= 0.6 is 0 Å². The molecule has 3 aliphatic heterocycles. The Bertz CT molecular complexity index is 1280. The Labute approximate surface area is 236 Å². The molecule has 6 rings (SSSR count). The van der Waals surface area contributed by atoms with Gasteiger partial charge in [-0.05, 0) is 86.3 Å². The minimum absolute atomic E-state index is 0.0718. The molecule has 4 unspecified atom stereocenters. The van der Waals surface area contributed by atoms with E-state index in [-0.39, 0.29) is 23.8 Å². The van der Waals surface area contributed by atoms with Gasteiger partial charge in [0.2, 0.25) is 11.8 Å². The number of carbonyl (C=O) groups is 2. The van der Waals surface area contributed by atoms with Crippen molar-refractivity contribution in [2.45, 2.75) is 63.2 Å². The van der Waals surface area contributed by atoms with Crippen molar-refractivity contribution in [3.63, 3.8) is 0 Å². The lowest BCUT2D eigenvalue weighted by molar-refractivity contribution is -0.139. The summed E-state index contributed by atoms with van der Waals surface area (Å²) < 4.78 is 5.31. The number of hydrogen-bond acceptors (Lipinski definition) is 5. The van der Waals surface area contributed by atoms with E-state index in [1.807, 2.05) is 35.2 Å². The number of ether oxygens (including phenoxy) is 1. The molecule has 8 heteroatoms. The second kappa shape index (κ2) is 12.0. The first-order valence-electron chi connectivity index (χ1n) is 14.8. The van der Waals surface area contributed by atoms with Crippen LogP contribution in [0.4, 0.5) is 0 Å². The maximum absolute atomic E-state index is 13.9. The van der Waals surface area contributed by atoms with Crippen LogP contribution in [0, 0.1) is 5.92 Å². The molecule has 2 amide bonds. The van der Waals surface area contributed by atoms with Gasteiger partial charge >= 0.3 is 0 Å². The average molecular weight is 544 g/mol. The van der Waals surface area contributed by atoms with E-state index in [1.165, 1.54) is 24.8 Å². The topological polar surface area (TPSA) is 89.7 Å². The molecule has 3 aromatic rings. The number of piperidine rings is 1. The summed E-state index contributed by atoms with van der Waals surface area (Å²) in [6, 6.07) is 18.0. The first-order chi connectivity index (χ1) is 19.6. The Balaban J connectivity index is 1.14. The van der Waals surface area contributed by atoms with Crippen LogP contribution in [-0.2, 0) is 22.6 Å². The van der Waals surface area contributed by atoms with Crippen molar-refractivity contribution in [3.8, 4) is 5.75 Å². The van der Waals surface area contributed by atoms with Crippen molar-refractivity contribution >= 4 is 22.7 Å². The number of nitrogens with one attached hydrogen (secondary N) is 3. The van der Waals surface area contributed by atoms with E-state index in [0.29, 0.717) is 25.6 Å². The van der Waals surface area contributed by atoms with Crippen LogP contribution in [0.2, 0.25) is 0 Å². The SMILES string of the molecule is COc1ccc(CC2CC(C(=O)NCc3cc4ccccc4[nH]3)N(C(=O)C3CC(N4CCCCC4)CN3)C2)cc1. The lowest BCUT2D eigenvalue weighted by Gasteiger charge is -2.32. The molecule has 8 nitrogen and oxygen atoms in total. The van der Waals surface area contributed by atoms with Crippen molar-refractivity contribution in [3.05, 3.63) is 65.9 Å². The first kappa shape index (κ1) is 26.8. The molecule has 0 radical (unpaired) electrons. The van der Waals surface area contributed by atoms with Gasteiger partial charge in [-0.2, -0.15) is 0 Å². The zero-order valence-corrected chi connectivity index (χ0v) is 23.4. The number of hydrogen-bond donors (Lipinski definition) is 3. The van der Waals surface area contributed by atoms with Gasteiger partial charge in [0.15, 0.2) is 0 Å². The highest BCUT2D eigenvalue weighted by atomic mass is 16.5. The third-order valence-corrected chi connectivity index (χ3v) is 9.01. The Hall–Kier alpha value is -3.36. The number of amides is 2. The Morgan fingerprint density at radius 2 is 1.82 bits per heavy atom. The molecule has 2 aromatic carbocycles. The zero-order chi connectivity index (χ0) is 27.5. The smallest absolute Gasteiger partial charge is 0.243 e. The van der Waals surface area contributed by atoms with Gasteiger partial charge in [0.1, 0.15) is 11.8 Å². The molecule has 0 bridgehead atoms. The molecule has 3 fully saturated rings. The number of benzene rings is 2. The molecule has 1 aromatic heterocycles. The molecule has 3 saturated heterocycles. The number of H-pyrrole nitrogens is 1. The van der Waals surface area contributed by atoms with Gasteiger partial charge in [0.25, 0.3) is 0 Å². The summed E-state index contributed by atoms with van der Waals surface area (Å²) in [6.07, 6.45) is 6.10. The standard InChI is InChI=1S/C32H41N5O3/c1-40-27-11-9-22(10-12-27)15-23-16-30(31(38)34-19-25-17-24-7-3-4-8-28(24)35-25)37(21-23)32(39)29-18-26(20-33-29)36-13-5-2-6-14-36/h3-4,7-12,17,23,26,29-30,33,35H,2,5-6,13-16,18-21H2,1H3,(H,34,38). The van der Waals surface area contributed by atoms with E-state index in [1.54, 1.807) is 7.11 Å². The Morgan fingerprint density at radius 3 is 2.60 bits per heavy atom. The first-order valence-corrected chi connectivity index (χ1v) is 14.8. The summed E-state index contributed by atoms with van der Waals surface area (Å²) in [7, 11) is 1.67. The highest BCUT2D eigenvalue weighted by Gasteiger charge is 2.43. The minimum atomic E-state index is -0.462. The lowest BCUT2D eigenvalue weighted by atomic mass is 9.96. The number of likely N-dealkylation sites (tertiary alicyclic amines) is 2. The molecule has 4 atom stereocenters. The van der Waals surface area contributed by atoms with Crippen LogP contribution in [-0.4, -0.2) is 78.0 Å². The van der Waals surface area contributed by atoms with Gasteiger partial charge in [-0.1, -0.05) is 36.8 Å². The number of aromatic nitrogens is 1. The van der Waals surface area contributed by atoms with Crippen molar-refractivity contribution in [2.24, 2.45) is 5.92 Å². The van der Waals surface area contributed by atoms with E-state index in [2.05, 4.69) is 44.8 Å². The van der Waals surface area contributed by atoms with Crippen LogP contribution < -0.4 is 15.4 Å². The summed E-state index contributed by atoms with van der Waals surface area (Å²) in [5.74, 6) is 1.05. The molecule has 0 spiro atoms. The molecule has 212 valence electrons. The summed E-state index contributed by atoms with van der Waals surface area (Å²) in [5, 5.41) is 7.76. The number of aromatic amines is 1. The molecule has 3 aliphatic rings. The number of rotatable bonds is 8. The highest BCUT2D eigenvalue weighted by Crippen LogP contribution is 2.30. The number of carbonyl (C=O) groups excluding carboxylic acids is 2. The van der Waals surface area contributed by atoms with E-state index in [0.717, 1.165) is 54.8 Å². The summed E-state index contributed by atoms with van der Waals surface area (Å²) >= 11 is 0. The monoisotopic (exact) mass is 543 g/mol. The fraction of sp³-hybridized carbons (Fsp3) is 0.500. The van der Waals surface area contributed by atoms with Gasteiger partial charge in [-0.3, -0.25) is 14.5 Å². The lowest BCUT2D eigenvalue weighted by Crippen LogP contribution is -2.51. The van der Waals surface area contributed by atoms with Gasteiger partial charge in [0, 0.05) is 30.3 Å². The molecular formula is C32H41N5O3. The number of fused-ring (bicyclic) bond motifs is 1. The fourth-order valence-corrected chi connectivity index (χ4v) is 6.85. The molecule has 3 N–H and O–H groups in total. The van der Waals surface area contributed by atoms with Crippen molar-refractivity contribution < 1.29 is 14.3 Å². The second-order valence-corrected chi connectivity index (χ2v) is 11.7. The third kappa shape index (κ3) is 5.88. The number of methoxy groups -OCH3 is 1. The summed E-state index contributed by atoms with van der Waals surface area (Å²) in [5.41, 5.74) is 3.21. The van der Waals surface area contributed by atoms with E-state index in [9.17, 15) is 9.59 Å². The molecular weight excluding hydrogens is 502 g/mol. The normalized spacial score (nSPS) is 25.4. The van der Waals surface area contributed by atoms with Crippen molar-refractivity contribution in [1.29, 1.82) is 0 Å². The van der Waals surface area contributed by atoms with E-state index < -0.39 is 6.04 Å². The largest absolute Gasteiger partial charge is 0.497 e. The van der Waals surface area contributed by atoms with Gasteiger partial charge in [0.05, 0.1) is 19.7 Å². The number of para-hydroxylation sites is 1. The predicted molar refractivity (Wildman–Crippen MR) is 156 cm³/mol. The predicted octanol–water partition coefficient (Wildman–Crippen LogP) is 3.47. The number of nitrogens with zero attached hydrogens (tertiary/aromatic N) is 2. The van der Waals surface area contributed by atoms with E-state index in [4.69, 9.17) is 4.74 Å². The second-order valence-electron chi connectivity index (χ2n) is 11.7. The van der Waals surface area contributed by atoms with Crippen LogP contribution in [0.25, 0.3) is 10.9 Å². The summed E-state index contributed by atoms with van der Waals surface area (Å²) in [6.45, 7) is 4.10.